The zero-order valence-corrected chi connectivity index (χ0v) is 11.1. The third-order valence-electron chi connectivity index (χ3n) is 2.30. The smallest absolute Gasteiger partial charge is 0.242 e. The predicted molar refractivity (Wildman–Crippen MR) is 69.4 cm³/mol. The number of carbonyl (C=O) groups is 1. The van der Waals surface area contributed by atoms with E-state index in [0.717, 1.165) is 0 Å². The Balaban J connectivity index is 2.53. The molecular formula is C12H16ClFN2O2. The van der Waals surface area contributed by atoms with Crippen LogP contribution in [-0.2, 0) is 9.53 Å². The Hall–Kier alpha value is -1.33. The number of rotatable bonds is 6. The topological polar surface area (TPSA) is 50.4 Å². The van der Waals surface area contributed by atoms with E-state index in [1.807, 2.05) is 0 Å². The average molecular weight is 275 g/mol. The molecule has 0 aliphatic carbocycles. The molecule has 2 N–H and O–H groups in total. The molecule has 0 fully saturated rings. The SMILES string of the molecule is COCCNC(=O)C(C)Nc1ccc(F)cc1Cl. The number of benzene rings is 1. The summed E-state index contributed by atoms with van der Waals surface area (Å²) in [6.07, 6.45) is 0. The van der Waals surface area contributed by atoms with Crippen LogP contribution in [-0.4, -0.2) is 32.2 Å². The van der Waals surface area contributed by atoms with E-state index in [2.05, 4.69) is 10.6 Å². The van der Waals surface area contributed by atoms with Gasteiger partial charge in [0.1, 0.15) is 11.9 Å². The van der Waals surface area contributed by atoms with Gasteiger partial charge in [0.25, 0.3) is 0 Å². The molecule has 1 rings (SSSR count). The molecule has 0 aliphatic rings. The molecule has 4 nitrogen and oxygen atoms in total. The van der Waals surface area contributed by atoms with Crippen molar-refractivity contribution in [3.63, 3.8) is 0 Å². The molecular weight excluding hydrogens is 259 g/mol. The van der Waals surface area contributed by atoms with E-state index in [9.17, 15) is 9.18 Å². The average Bonchev–Trinajstić information content (AvgIpc) is 2.32. The molecule has 0 heterocycles. The number of carbonyl (C=O) groups excluding carboxylic acids is 1. The highest BCUT2D eigenvalue weighted by atomic mass is 35.5. The van der Waals surface area contributed by atoms with Crippen molar-refractivity contribution in [3.05, 3.63) is 29.0 Å². The van der Waals surface area contributed by atoms with Crippen LogP contribution < -0.4 is 10.6 Å². The number of hydrogen-bond donors (Lipinski definition) is 2. The lowest BCUT2D eigenvalue weighted by atomic mass is 10.2. The monoisotopic (exact) mass is 274 g/mol. The molecule has 1 atom stereocenters. The van der Waals surface area contributed by atoms with E-state index < -0.39 is 11.9 Å². The minimum Gasteiger partial charge on any atom is -0.383 e. The molecule has 0 saturated carbocycles. The molecule has 1 aromatic rings. The first-order valence-electron chi connectivity index (χ1n) is 5.53. The summed E-state index contributed by atoms with van der Waals surface area (Å²) in [6, 6.07) is 3.50. The summed E-state index contributed by atoms with van der Waals surface area (Å²) in [5, 5.41) is 5.85. The molecule has 1 amide bonds. The van der Waals surface area contributed by atoms with Crippen molar-refractivity contribution in [2.75, 3.05) is 25.6 Å². The fourth-order valence-electron chi connectivity index (χ4n) is 1.33. The van der Waals surface area contributed by atoms with Gasteiger partial charge in [0, 0.05) is 13.7 Å². The highest BCUT2D eigenvalue weighted by Crippen LogP contribution is 2.22. The molecule has 1 unspecified atom stereocenters. The Bertz CT molecular complexity index is 415. The van der Waals surface area contributed by atoms with E-state index in [4.69, 9.17) is 16.3 Å². The minimum absolute atomic E-state index is 0.174. The molecule has 18 heavy (non-hydrogen) atoms. The summed E-state index contributed by atoms with van der Waals surface area (Å²) >= 11 is 5.85. The number of ether oxygens (including phenoxy) is 1. The van der Waals surface area contributed by atoms with Crippen molar-refractivity contribution in [1.82, 2.24) is 5.32 Å². The standard InChI is InChI=1S/C12H16ClFN2O2/c1-8(12(17)15-5-6-18-2)16-11-4-3-9(14)7-10(11)13/h3-4,7-8,16H,5-6H2,1-2H3,(H,15,17). The summed E-state index contributed by atoms with van der Waals surface area (Å²) in [5.41, 5.74) is 0.521. The van der Waals surface area contributed by atoms with Crippen LogP contribution >= 0.6 is 11.6 Å². The molecule has 0 aromatic heterocycles. The van der Waals surface area contributed by atoms with Gasteiger partial charge in [-0.1, -0.05) is 11.6 Å². The van der Waals surface area contributed by atoms with Crippen molar-refractivity contribution >= 4 is 23.2 Å². The van der Waals surface area contributed by atoms with Gasteiger partial charge in [0.05, 0.1) is 17.3 Å². The number of anilines is 1. The van der Waals surface area contributed by atoms with Crippen LogP contribution in [0.5, 0.6) is 0 Å². The quantitative estimate of drug-likeness (QED) is 0.781. The fraction of sp³-hybridized carbons (Fsp3) is 0.417. The fourth-order valence-corrected chi connectivity index (χ4v) is 1.56. The van der Waals surface area contributed by atoms with Gasteiger partial charge in [-0.2, -0.15) is 0 Å². The summed E-state index contributed by atoms with van der Waals surface area (Å²) in [4.78, 5) is 11.7. The van der Waals surface area contributed by atoms with Crippen LogP contribution in [0.15, 0.2) is 18.2 Å². The van der Waals surface area contributed by atoms with Crippen LogP contribution in [0.25, 0.3) is 0 Å². The van der Waals surface area contributed by atoms with Crippen molar-refractivity contribution in [2.24, 2.45) is 0 Å². The Kier molecular flexibility index (Phi) is 5.88. The second-order valence-electron chi connectivity index (χ2n) is 3.77. The second-order valence-corrected chi connectivity index (χ2v) is 4.18. The van der Waals surface area contributed by atoms with Gasteiger partial charge in [0.2, 0.25) is 5.91 Å². The maximum Gasteiger partial charge on any atom is 0.242 e. The van der Waals surface area contributed by atoms with E-state index in [0.29, 0.717) is 18.8 Å². The third kappa shape index (κ3) is 4.50. The van der Waals surface area contributed by atoms with Crippen LogP contribution in [0.4, 0.5) is 10.1 Å². The van der Waals surface area contributed by atoms with Crippen LogP contribution in [0, 0.1) is 5.82 Å². The van der Waals surface area contributed by atoms with Gasteiger partial charge in [0.15, 0.2) is 0 Å². The van der Waals surface area contributed by atoms with Gasteiger partial charge in [-0.25, -0.2) is 4.39 Å². The molecule has 0 spiro atoms. The lowest BCUT2D eigenvalue weighted by Gasteiger charge is -2.16. The minimum atomic E-state index is -0.468. The van der Waals surface area contributed by atoms with Gasteiger partial charge in [-0.15, -0.1) is 0 Å². The number of nitrogens with one attached hydrogen (secondary N) is 2. The molecule has 6 heteroatoms. The van der Waals surface area contributed by atoms with Gasteiger partial charge < -0.3 is 15.4 Å². The Morgan fingerprint density at radius 1 is 1.56 bits per heavy atom. The molecule has 1 aromatic carbocycles. The van der Waals surface area contributed by atoms with Gasteiger partial charge >= 0.3 is 0 Å². The number of hydrogen-bond acceptors (Lipinski definition) is 3. The molecule has 0 saturated heterocycles. The highest BCUT2D eigenvalue weighted by Gasteiger charge is 2.13. The van der Waals surface area contributed by atoms with Crippen molar-refractivity contribution in [1.29, 1.82) is 0 Å². The summed E-state index contributed by atoms with van der Waals surface area (Å²) in [6.45, 7) is 2.59. The molecule has 100 valence electrons. The zero-order chi connectivity index (χ0) is 13.5. The normalized spacial score (nSPS) is 12.0. The van der Waals surface area contributed by atoms with Crippen LogP contribution in [0.3, 0.4) is 0 Å². The van der Waals surface area contributed by atoms with Crippen LogP contribution in [0.1, 0.15) is 6.92 Å². The predicted octanol–water partition coefficient (Wildman–Crippen LogP) is 2.04. The van der Waals surface area contributed by atoms with Crippen molar-refractivity contribution in [2.45, 2.75) is 13.0 Å². The Labute approximate surface area is 110 Å². The van der Waals surface area contributed by atoms with E-state index in [1.54, 1.807) is 14.0 Å². The number of methoxy groups -OCH3 is 1. The largest absolute Gasteiger partial charge is 0.383 e. The first-order valence-corrected chi connectivity index (χ1v) is 5.90. The van der Waals surface area contributed by atoms with Crippen molar-refractivity contribution in [3.8, 4) is 0 Å². The first kappa shape index (κ1) is 14.7. The van der Waals surface area contributed by atoms with Crippen LogP contribution in [0.2, 0.25) is 5.02 Å². The van der Waals surface area contributed by atoms with E-state index in [1.165, 1.54) is 18.2 Å². The third-order valence-corrected chi connectivity index (χ3v) is 2.61. The van der Waals surface area contributed by atoms with Crippen molar-refractivity contribution < 1.29 is 13.9 Å². The molecule has 0 aliphatic heterocycles. The lowest BCUT2D eigenvalue weighted by Crippen LogP contribution is -2.39. The number of halogens is 2. The Morgan fingerprint density at radius 2 is 2.28 bits per heavy atom. The summed E-state index contributed by atoms with van der Waals surface area (Å²) in [5.74, 6) is -0.588. The zero-order valence-electron chi connectivity index (χ0n) is 10.3. The van der Waals surface area contributed by atoms with E-state index >= 15 is 0 Å². The Morgan fingerprint density at radius 3 is 2.89 bits per heavy atom. The maximum atomic E-state index is 12.8. The molecule has 0 bridgehead atoms. The maximum absolute atomic E-state index is 12.8. The van der Waals surface area contributed by atoms with E-state index in [-0.39, 0.29) is 10.9 Å². The molecule has 0 radical (unpaired) electrons. The van der Waals surface area contributed by atoms with Gasteiger partial charge in [-0.05, 0) is 25.1 Å². The summed E-state index contributed by atoms with van der Waals surface area (Å²) < 4.78 is 17.7. The summed E-state index contributed by atoms with van der Waals surface area (Å²) in [7, 11) is 1.56. The number of amides is 1. The second kappa shape index (κ2) is 7.18. The lowest BCUT2D eigenvalue weighted by molar-refractivity contribution is -0.121. The van der Waals surface area contributed by atoms with Gasteiger partial charge in [-0.3, -0.25) is 4.79 Å². The first-order chi connectivity index (χ1) is 8.54. The highest BCUT2D eigenvalue weighted by molar-refractivity contribution is 6.33.